The molecule has 2 atom stereocenters. The van der Waals surface area contributed by atoms with Gasteiger partial charge in [0, 0.05) is 41.9 Å². The van der Waals surface area contributed by atoms with Crippen molar-refractivity contribution in [1.82, 2.24) is 9.88 Å². The maximum Gasteiger partial charge on any atom is 0.222 e. The Kier molecular flexibility index (Phi) is 5.86. The molecule has 2 unspecified atom stereocenters. The number of halogens is 1. The van der Waals surface area contributed by atoms with Gasteiger partial charge in [0.15, 0.2) is 0 Å². The molecule has 5 heteroatoms. The Morgan fingerprint density at radius 2 is 2.04 bits per heavy atom. The summed E-state index contributed by atoms with van der Waals surface area (Å²) in [4.78, 5) is 18.5. The second-order valence-corrected chi connectivity index (χ2v) is 8.38. The second kappa shape index (κ2) is 8.52. The fourth-order valence-corrected chi connectivity index (χ4v) is 4.92. The molecule has 4 nitrogen and oxygen atoms in total. The number of pyridine rings is 1. The number of carbonyl (C=O) groups is 1. The third kappa shape index (κ3) is 4.17. The van der Waals surface area contributed by atoms with Crippen LogP contribution in [0.2, 0.25) is 5.02 Å². The summed E-state index contributed by atoms with van der Waals surface area (Å²) in [6, 6.07) is 10.6. The van der Waals surface area contributed by atoms with Gasteiger partial charge in [0.25, 0.3) is 0 Å². The molecule has 1 aliphatic heterocycles. The molecule has 2 aliphatic rings. The van der Waals surface area contributed by atoms with Crippen molar-refractivity contribution in [2.75, 3.05) is 13.7 Å². The van der Waals surface area contributed by atoms with Crippen molar-refractivity contribution < 1.29 is 9.53 Å². The first-order chi connectivity index (χ1) is 13.6. The molecular formula is C23H27ClN2O2. The van der Waals surface area contributed by atoms with E-state index in [9.17, 15) is 4.79 Å². The molecule has 1 saturated heterocycles. The molecule has 1 aliphatic carbocycles. The number of benzene rings is 1. The highest BCUT2D eigenvalue weighted by molar-refractivity contribution is 6.31. The van der Waals surface area contributed by atoms with Crippen molar-refractivity contribution in [3.63, 3.8) is 0 Å². The number of aromatic nitrogens is 1. The number of rotatable bonds is 5. The summed E-state index contributed by atoms with van der Waals surface area (Å²) in [5.74, 6) is 1.55. The van der Waals surface area contributed by atoms with E-state index in [-0.39, 0.29) is 0 Å². The zero-order valence-electron chi connectivity index (χ0n) is 16.4. The molecule has 2 heterocycles. The molecule has 1 saturated carbocycles. The van der Waals surface area contributed by atoms with Gasteiger partial charge in [0.2, 0.25) is 11.8 Å². The molecule has 28 heavy (non-hydrogen) atoms. The van der Waals surface area contributed by atoms with Crippen molar-refractivity contribution in [3.05, 3.63) is 47.1 Å². The minimum Gasteiger partial charge on any atom is -0.481 e. The van der Waals surface area contributed by atoms with Crippen LogP contribution in [0, 0.1) is 5.92 Å². The SMILES string of the molecule is COc1ccc(-c2ccc(CC3CCCC(N4CCCC4=O)C3)c(Cl)c2)cn1. The van der Waals surface area contributed by atoms with Crippen molar-refractivity contribution in [2.24, 2.45) is 5.92 Å². The molecule has 0 N–H and O–H groups in total. The predicted octanol–water partition coefficient (Wildman–Crippen LogP) is 5.13. The lowest BCUT2D eigenvalue weighted by Gasteiger charge is -2.35. The largest absolute Gasteiger partial charge is 0.481 e. The van der Waals surface area contributed by atoms with E-state index in [0.29, 0.717) is 23.7 Å². The van der Waals surface area contributed by atoms with Gasteiger partial charge in [-0.25, -0.2) is 4.98 Å². The summed E-state index contributed by atoms with van der Waals surface area (Å²) in [6.45, 7) is 0.946. The minimum atomic E-state index is 0.348. The lowest BCUT2D eigenvalue weighted by atomic mass is 9.81. The highest BCUT2D eigenvalue weighted by Crippen LogP contribution is 2.34. The standard InChI is InChI=1S/C23H27ClN2O2/c1-28-22-10-9-19(15-25-22)17-7-8-18(21(24)14-17)12-16-4-2-5-20(13-16)26-11-3-6-23(26)27/h7-10,14-16,20H,2-6,11-13H2,1H3. The van der Waals surface area contributed by atoms with Gasteiger partial charge in [-0.2, -0.15) is 0 Å². The number of carbonyl (C=O) groups excluding carboxylic acids is 1. The normalized spacial score (nSPS) is 22.5. The first kappa shape index (κ1) is 19.3. The van der Waals surface area contributed by atoms with Gasteiger partial charge in [-0.1, -0.05) is 30.2 Å². The van der Waals surface area contributed by atoms with Gasteiger partial charge in [0.1, 0.15) is 0 Å². The summed E-state index contributed by atoms with van der Waals surface area (Å²) in [5.41, 5.74) is 3.29. The second-order valence-electron chi connectivity index (χ2n) is 7.98. The Bertz CT molecular complexity index is 837. The van der Waals surface area contributed by atoms with Gasteiger partial charge < -0.3 is 9.64 Å². The van der Waals surface area contributed by atoms with Crippen molar-refractivity contribution in [1.29, 1.82) is 0 Å². The molecule has 0 spiro atoms. The van der Waals surface area contributed by atoms with E-state index in [2.05, 4.69) is 22.0 Å². The van der Waals surface area contributed by atoms with E-state index in [1.165, 1.54) is 18.4 Å². The highest BCUT2D eigenvalue weighted by atomic mass is 35.5. The van der Waals surface area contributed by atoms with E-state index in [1.54, 1.807) is 7.11 Å². The molecule has 2 aromatic rings. The third-order valence-corrected chi connectivity index (χ3v) is 6.50. The van der Waals surface area contributed by atoms with Crippen LogP contribution in [0.4, 0.5) is 0 Å². The average molecular weight is 399 g/mol. The Labute approximate surface area is 171 Å². The quantitative estimate of drug-likeness (QED) is 0.700. The van der Waals surface area contributed by atoms with Crippen LogP contribution >= 0.6 is 11.6 Å². The first-order valence-electron chi connectivity index (χ1n) is 10.2. The fourth-order valence-electron chi connectivity index (χ4n) is 4.66. The van der Waals surface area contributed by atoms with E-state index in [0.717, 1.165) is 54.8 Å². The molecule has 1 amide bonds. The summed E-state index contributed by atoms with van der Waals surface area (Å²) in [5, 5.41) is 0.813. The summed E-state index contributed by atoms with van der Waals surface area (Å²) in [6.07, 6.45) is 9.22. The number of ether oxygens (including phenoxy) is 1. The Hall–Kier alpha value is -2.07. The highest BCUT2D eigenvalue weighted by Gasteiger charge is 2.32. The van der Waals surface area contributed by atoms with Crippen LogP contribution in [-0.2, 0) is 11.2 Å². The number of amides is 1. The zero-order valence-corrected chi connectivity index (χ0v) is 17.1. The van der Waals surface area contributed by atoms with Crippen LogP contribution in [0.25, 0.3) is 11.1 Å². The van der Waals surface area contributed by atoms with Crippen LogP contribution in [0.5, 0.6) is 5.88 Å². The molecule has 4 rings (SSSR count). The monoisotopic (exact) mass is 398 g/mol. The van der Waals surface area contributed by atoms with Crippen molar-refractivity contribution in [3.8, 4) is 17.0 Å². The predicted molar refractivity (Wildman–Crippen MR) is 112 cm³/mol. The van der Waals surface area contributed by atoms with E-state index >= 15 is 0 Å². The third-order valence-electron chi connectivity index (χ3n) is 6.15. The van der Waals surface area contributed by atoms with E-state index in [1.807, 2.05) is 24.4 Å². The topological polar surface area (TPSA) is 42.4 Å². The van der Waals surface area contributed by atoms with Crippen LogP contribution in [0.1, 0.15) is 44.1 Å². The maximum atomic E-state index is 12.1. The smallest absolute Gasteiger partial charge is 0.222 e. The molecular weight excluding hydrogens is 372 g/mol. The lowest BCUT2D eigenvalue weighted by Crippen LogP contribution is -2.39. The molecule has 0 bridgehead atoms. The summed E-state index contributed by atoms with van der Waals surface area (Å²) >= 11 is 6.63. The molecule has 2 fully saturated rings. The average Bonchev–Trinajstić information content (AvgIpc) is 3.16. The molecule has 0 radical (unpaired) electrons. The van der Waals surface area contributed by atoms with Crippen LogP contribution in [0.3, 0.4) is 0 Å². The van der Waals surface area contributed by atoms with Crippen LogP contribution in [-0.4, -0.2) is 35.5 Å². The molecule has 148 valence electrons. The number of hydrogen-bond acceptors (Lipinski definition) is 3. The summed E-state index contributed by atoms with van der Waals surface area (Å²) < 4.78 is 5.12. The zero-order chi connectivity index (χ0) is 19.5. The van der Waals surface area contributed by atoms with Gasteiger partial charge in [-0.15, -0.1) is 0 Å². The summed E-state index contributed by atoms with van der Waals surface area (Å²) in [7, 11) is 1.61. The number of methoxy groups -OCH3 is 1. The Morgan fingerprint density at radius 3 is 2.71 bits per heavy atom. The first-order valence-corrected chi connectivity index (χ1v) is 10.6. The van der Waals surface area contributed by atoms with E-state index in [4.69, 9.17) is 16.3 Å². The Morgan fingerprint density at radius 1 is 1.18 bits per heavy atom. The van der Waals surface area contributed by atoms with Gasteiger partial charge in [-0.05, 0) is 61.3 Å². The number of likely N-dealkylation sites (tertiary alicyclic amines) is 1. The van der Waals surface area contributed by atoms with Crippen LogP contribution < -0.4 is 4.74 Å². The van der Waals surface area contributed by atoms with Crippen molar-refractivity contribution >= 4 is 17.5 Å². The van der Waals surface area contributed by atoms with E-state index < -0.39 is 0 Å². The minimum absolute atomic E-state index is 0.348. The number of nitrogens with zero attached hydrogens (tertiary/aromatic N) is 2. The molecule has 1 aromatic carbocycles. The van der Waals surface area contributed by atoms with Crippen LogP contribution in [0.15, 0.2) is 36.5 Å². The molecule has 1 aromatic heterocycles. The van der Waals surface area contributed by atoms with Gasteiger partial charge in [0.05, 0.1) is 7.11 Å². The number of hydrogen-bond donors (Lipinski definition) is 0. The van der Waals surface area contributed by atoms with Crippen molar-refractivity contribution in [2.45, 2.75) is 51.0 Å². The van der Waals surface area contributed by atoms with Gasteiger partial charge >= 0.3 is 0 Å². The maximum absolute atomic E-state index is 12.1. The Balaban J connectivity index is 1.43. The fraction of sp³-hybridized carbons (Fsp3) is 0.478. The lowest BCUT2D eigenvalue weighted by molar-refractivity contribution is -0.130. The van der Waals surface area contributed by atoms with Gasteiger partial charge in [-0.3, -0.25) is 4.79 Å².